The van der Waals surface area contributed by atoms with Crippen molar-refractivity contribution in [2.24, 2.45) is 0 Å². The van der Waals surface area contributed by atoms with Crippen LogP contribution in [0, 0.1) is 6.92 Å². The zero-order valence-corrected chi connectivity index (χ0v) is 15.9. The fourth-order valence-electron chi connectivity index (χ4n) is 3.32. The number of alkyl halides is 1. The van der Waals surface area contributed by atoms with Crippen molar-refractivity contribution in [3.05, 3.63) is 53.6 Å². The number of ether oxygens (including phenoxy) is 1. The molecule has 28 heavy (non-hydrogen) atoms. The minimum Gasteiger partial charge on any atom is -0.459 e. The molecule has 144 valence electrons. The molecular formula is C20H20FN5O2. The van der Waals surface area contributed by atoms with Gasteiger partial charge in [0.2, 0.25) is 6.36 Å². The van der Waals surface area contributed by atoms with Crippen LogP contribution in [0.25, 0.3) is 11.3 Å². The number of pyridine rings is 2. The van der Waals surface area contributed by atoms with E-state index in [0.29, 0.717) is 40.6 Å². The average Bonchev–Trinajstić information content (AvgIpc) is 3.26. The maximum Gasteiger partial charge on any atom is 0.262 e. The molecule has 1 amide bonds. The van der Waals surface area contributed by atoms with Gasteiger partial charge in [-0.25, -0.2) is 4.39 Å². The topological polar surface area (TPSA) is 73.1 Å². The van der Waals surface area contributed by atoms with Crippen molar-refractivity contribution in [3.8, 4) is 17.0 Å². The first-order chi connectivity index (χ1) is 13.5. The number of carbonyl (C=O) groups is 1. The molecule has 1 atom stereocenters. The number of aryl methyl sites for hydroxylation is 2. The molecule has 0 fully saturated rings. The van der Waals surface area contributed by atoms with E-state index in [1.807, 2.05) is 32.2 Å². The Hall–Kier alpha value is -3.29. The molecule has 3 aromatic heterocycles. The van der Waals surface area contributed by atoms with Crippen LogP contribution >= 0.6 is 0 Å². The molecule has 0 radical (unpaired) electrons. The molecule has 0 aliphatic carbocycles. The third-order valence-electron chi connectivity index (χ3n) is 4.59. The lowest BCUT2D eigenvalue weighted by Gasteiger charge is -2.11. The van der Waals surface area contributed by atoms with Crippen molar-refractivity contribution in [2.75, 3.05) is 4.90 Å². The molecule has 0 spiro atoms. The molecule has 0 aromatic carbocycles. The number of amides is 1. The molecule has 1 aliphatic rings. The Morgan fingerprint density at radius 1 is 1.32 bits per heavy atom. The van der Waals surface area contributed by atoms with Gasteiger partial charge in [0.15, 0.2) is 5.82 Å². The van der Waals surface area contributed by atoms with Gasteiger partial charge >= 0.3 is 0 Å². The van der Waals surface area contributed by atoms with E-state index in [1.165, 1.54) is 13.1 Å². The Morgan fingerprint density at radius 2 is 2.14 bits per heavy atom. The molecule has 8 heteroatoms. The Balaban J connectivity index is 1.68. The molecule has 0 N–H and O–H groups in total. The second kappa shape index (κ2) is 7.03. The van der Waals surface area contributed by atoms with E-state index in [2.05, 4.69) is 15.1 Å². The molecular weight excluding hydrogens is 361 g/mol. The number of fused-ring (bicyclic) bond motifs is 1. The monoisotopic (exact) mass is 381 g/mol. The Morgan fingerprint density at radius 3 is 2.86 bits per heavy atom. The lowest BCUT2D eigenvalue weighted by molar-refractivity contribution is 0.0856. The van der Waals surface area contributed by atoms with Gasteiger partial charge in [-0.05, 0) is 31.5 Å². The second-order valence-electron chi connectivity index (χ2n) is 6.64. The minimum absolute atomic E-state index is 0.102. The first-order valence-corrected chi connectivity index (χ1v) is 9.08. The Bertz CT molecular complexity index is 1050. The average molecular weight is 381 g/mol. The highest BCUT2D eigenvalue weighted by molar-refractivity contribution is 6.10. The van der Waals surface area contributed by atoms with Gasteiger partial charge in [-0.3, -0.25) is 24.3 Å². The number of hydrogen-bond acceptors (Lipinski definition) is 5. The molecule has 0 bridgehead atoms. The summed E-state index contributed by atoms with van der Waals surface area (Å²) in [7, 11) is 0. The van der Waals surface area contributed by atoms with Gasteiger partial charge in [0.25, 0.3) is 5.91 Å². The third-order valence-corrected chi connectivity index (χ3v) is 4.59. The van der Waals surface area contributed by atoms with Gasteiger partial charge in [0.05, 0.1) is 29.7 Å². The zero-order chi connectivity index (χ0) is 19.8. The summed E-state index contributed by atoms with van der Waals surface area (Å²) >= 11 is 0. The first kappa shape index (κ1) is 18.1. The van der Waals surface area contributed by atoms with E-state index < -0.39 is 6.36 Å². The van der Waals surface area contributed by atoms with Crippen LogP contribution < -0.4 is 9.64 Å². The number of halogens is 1. The van der Waals surface area contributed by atoms with Gasteiger partial charge < -0.3 is 4.74 Å². The summed E-state index contributed by atoms with van der Waals surface area (Å²) in [5.74, 6) is 0.837. The summed E-state index contributed by atoms with van der Waals surface area (Å²) in [5.41, 5.74) is 3.48. The van der Waals surface area contributed by atoms with Crippen molar-refractivity contribution in [3.63, 3.8) is 0 Å². The van der Waals surface area contributed by atoms with Crippen LogP contribution in [0.2, 0.25) is 0 Å². The van der Waals surface area contributed by atoms with Gasteiger partial charge in [-0.15, -0.1) is 0 Å². The molecule has 0 saturated heterocycles. The molecule has 7 nitrogen and oxygen atoms in total. The third kappa shape index (κ3) is 3.21. The fraction of sp³-hybridized carbons (Fsp3) is 0.300. The van der Waals surface area contributed by atoms with E-state index in [-0.39, 0.29) is 5.91 Å². The molecule has 4 rings (SSSR count). The highest BCUT2D eigenvalue weighted by atomic mass is 19.1. The smallest absolute Gasteiger partial charge is 0.262 e. The van der Waals surface area contributed by atoms with Gasteiger partial charge in [-0.1, -0.05) is 0 Å². The number of carbonyl (C=O) groups excluding carboxylic acids is 1. The van der Waals surface area contributed by atoms with Gasteiger partial charge in [0.1, 0.15) is 5.75 Å². The van der Waals surface area contributed by atoms with E-state index in [9.17, 15) is 9.18 Å². The van der Waals surface area contributed by atoms with Crippen molar-refractivity contribution in [2.45, 2.75) is 40.2 Å². The quantitative estimate of drug-likeness (QED) is 0.676. The van der Waals surface area contributed by atoms with Gasteiger partial charge in [0, 0.05) is 37.5 Å². The normalized spacial score (nSPS) is 14.3. The van der Waals surface area contributed by atoms with Crippen LogP contribution in [0.3, 0.4) is 0 Å². The first-order valence-electron chi connectivity index (χ1n) is 9.08. The lowest BCUT2D eigenvalue weighted by Crippen LogP contribution is -2.24. The minimum atomic E-state index is -1.43. The van der Waals surface area contributed by atoms with Crippen LogP contribution in [0.15, 0.2) is 36.8 Å². The maximum atomic E-state index is 13.1. The fourth-order valence-corrected chi connectivity index (χ4v) is 3.32. The maximum absolute atomic E-state index is 13.1. The van der Waals surface area contributed by atoms with Crippen molar-refractivity contribution < 1.29 is 13.9 Å². The highest BCUT2D eigenvalue weighted by Crippen LogP contribution is 2.31. The van der Waals surface area contributed by atoms with Crippen LogP contribution in [0.5, 0.6) is 5.75 Å². The Kier molecular flexibility index (Phi) is 4.54. The highest BCUT2D eigenvalue weighted by Gasteiger charge is 2.33. The van der Waals surface area contributed by atoms with Crippen LogP contribution in [0.1, 0.15) is 35.5 Å². The van der Waals surface area contributed by atoms with Crippen molar-refractivity contribution in [1.82, 2.24) is 19.7 Å². The zero-order valence-electron chi connectivity index (χ0n) is 15.9. The molecule has 3 aromatic rings. The Labute approximate surface area is 161 Å². The summed E-state index contributed by atoms with van der Waals surface area (Å²) in [5, 5.41) is 4.43. The summed E-state index contributed by atoms with van der Waals surface area (Å²) in [6.07, 6.45) is 3.51. The van der Waals surface area contributed by atoms with E-state index >= 15 is 0 Å². The van der Waals surface area contributed by atoms with Crippen LogP contribution in [-0.4, -0.2) is 32.0 Å². The van der Waals surface area contributed by atoms with Crippen molar-refractivity contribution in [1.29, 1.82) is 0 Å². The number of hydrogen-bond donors (Lipinski definition) is 0. The number of rotatable bonds is 5. The van der Waals surface area contributed by atoms with E-state index in [0.717, 1.165) is 12.1 Å². The largest absolute Gasteiger partial charge is 0.459 e. The standard InChI is InChI=1S/C20H20FN5O2/c1-4-25-6-5-18(24-25)26-11-17-19(20(26)27)12(2)7-16(23-17)14-8-15(10-22-9-14)28-13(3)21/h5-10,13H,4,11H2,1-3H3. The summed E-state index contributed by atoms with van der Waals surface area (Å²) < 4.78 is 20.0. The second-order valence-corrected chi connectivity index (χ2v) is 6.64. The SMILES string of the molecule is CCn1ccc(N2Cc3nc(-c4cncc(OC(C)F)c4)cc(C)c3C2=O)n1. The lowest BCUT2D eigenvalue weighted by atomic mass is 10.1. The summed E-state index contributed by atoms with van der Waals surface area (Å²) in [4.78, 5) is 23.3. The predicted molar refractivity (Wildman–Crippen MR) is 102 cm³/mol. The molecule has 1 unspecified atom stereocenters. The molecule has 0 saturated carbocycles. The van der Waals surface area contributed by atoms with Crippen molar-refractivity contribution >= 4 is 11.7 Å². The predicted octanol–water partition coefficient (Wildman–Crippen LogP) is 3.52. The molecule has 4 heterocycles. The number of anilines is 1. The summed E-state index contributed by atoms with van der Waals surface area (Å²) in [6, 6.07) is 5.35. The van der Waals surface area contributed by atoms with E-state index in [4.69, 9.17) is 4.74 Å². The van der Waals surface area contributed by atoms with Crippen LogP contribution in [0.4, 0.5) is 10.2 Å². The van der Waals surface area contributed by atoms with Gasteiger partial charge in [-0.2, -0.15) is 5.10 Å². The number of aromatic nitrogens is 4. The van der Waals surface area contributed by atoms with Crippen LogP contribution in [-0.2, 0) is 13.1 Å². The van der Waals surface area contributed by atoms with E-state index in [1.54, 1.807) is 21.8 Å². The summed E-state index contributed by atoms with van der Waals surface area (Å²) in [6.45, 7) is 6.27. The number of nitrogens with zero attached hydrogens (tertiary/aromatic N) is 5. The molecule has 1 aliphatic heterocycles.